The summed E-state index contributed by atoms with van der Waals surface area (Å²) in [6.07, 6.45) is 36.4. The van der Waals surface area contributed by atoms with E-state index in [2.05, 4.69) is 54.8 Å². The van der Waals surface area contributed by atoms with Crippen LogP contribution in [0.4, 0.5) is 0 Å². The summed E-state index contributed by atoms with van der Waals surface area (Å²) >= 11 is 0. The predicted molar refractivity (Wildman–Crippen MR) is 208 cm³/mol. The van der Waals surface area contributed by atoms with Crippen molar-refractivity contribution in [2.24, 2.45) is 5.73 Å². The molecule has 0 saturated heterocycles. The number of nitrogens with two attached hydrogens (primary N) is 1. The number of hydrogen-bond donors (Lipinski definition) is 3. The molecule has 0 aromatic carbocycles. The molecule has 0 aromatic heterocycles. The number of carboxylic acids is 1. The summed E-state index contributed by atoms with van der Waals surface area (Å²) in [6.45, 7) is 2.73. The summed E-state index contributed by atoms with van der Waals surface area (Å²) in [6, 6.07) is -1.52. The average molecular weight is 758 g/mol. The fourth-order valence-corrected chi connectivity index (χ4v) is 5.97. The fraction of sp³-hybridized carbons (Fsp3) is 0.775. The molecular weight excluding hydrogens is 685 g/mol. The Morgan fingerprint density at radius 3 is 1.56 bits per heavy atom. The van der Waals surface area contributed by atoms with Crippen molar-refractivity contribution in [2.75, 3.05) is 19.8 Å². The number of aliphatic carboxylic acids is 1. The van der Waals surface area contributed by atoms with E-state index in [0.717, 1.165) is 57.8 Å². The zero-order valence-corrected chi connectivity index (χ0v) is 33.3. The minimum absolute atomic E-state index is 0.158. The van der Waals surface area contributed by atoms with Gasteiger partial charge in [0.05, 0.1) is 13.2 Å². The first kappa shape index (κ1) is 49.7. The van der Waals surface area contributed by atoms with Crippen LogP contribution < -0.4 is 5.73 Å². The van der Waals surface area contributed by atoms with Gasteiger partial charge in [-0.25, -0.2) is 4.57 Å². The maximum Gasteiger partial charge on any atom is 0.472 e. The molecule has 52 heavy (non-hydrogen) atoms. The van der Waals surface area contributed by atoms with Crippen LogP contribution in [0.2, 0.25) is 0 Å². The van der Waals surface area contributed by atoms with Gasteiger partial charge < -0.3 is 25.2 Å². The van der Waals surface area contributed by atoms with E-state index in [1.54, 1.807) is 0 Å². The molecule has 12 heteroatoms. The van der Waals surface area contributed by atoms with Crippen molar-refractivity contribution in [3.05, 3.63) is 36.5 Å². The minimum atomic E-state index is -4.71. The van der Waals surface area contributed by atoms with Crippen LogP contribution in [0, 0.1) is 0 Å². The molecule has 0 saturated carbocycles. The summed E-state index contributed by atoms with van der Waals surface area (Å²) in [5.74, 6) is -2.41. The van der Waals surface area contributed by atoms with Crippen LogP contribution in [-0.2, 0) is 37.5 Å². The van der Waals surface area contributed by atoms with Crippen molar-refractivity contribution >= 4 is 25.7 Å². The zero-order valence-electron chi connectivity index (χ0n) is 32.4. The number of unbranched alkanes of at least 4 members (excludes halogenated alkanes) is 17. The van der Waals surface area contributed by atoms with Gasteiger partial charge in [-0.15, -0.1) is 0 Å². The van der Waals surface area contributed by atoms with Crippen molar-refractivity contribution in [1.82, 2.24) is 0 Å². The van der Waals surface area contributed by atoms with Gasteiger partial charge in [-0.3, -0.25) is 23.4 Å². The van der Waals surface area contributed by atoms with Gasteiger partial charge in [-0.1, -0.05) is 140 Å². The van der Waals surface area contributed by atoms with Gasteiger partial charge in [0.1, 0.15) is 12.6 Å². The predicted octanol–water partition coefficient (Wildman–Crippen LogP) is 10.1. The van der Waals surface area contributed by atoms with E-state index in [1.165, 1.54) is 70.6 Å². The van der Waals surface area contributed by atoms with Crippen LogP contribution in [0.3, 0.4) is 0 Å². The number of carboxylic acid groups (broad SMARTS) is 1. The minimum Gasteiger partial charge on any atom is -0.480 e. The molecule has 0 aromatic rings. The highest BCUT2D eigenvalue weighted by Crippen LogP contribution is 2.43. The second-order valence-corrected chi connectivity index (χ2v) is 14.9. The van der Waals surface area contributed by atoms with Crippen LogP contribution in [0.25, 0.3) is 0 Å². The Morgan fingerprint density at radius 2 is 1.02 bits per heavy atom. The summed E-state index contributed by atoms with van der Waals surface area (Å²) in [7, 11) is -4.71. The lowest BCUT2D eigenvalue weighted by Gasteiger charge is -2.20. The fourth-order valence-electron chi connectivity index (χ4n) is 5.19. The largest absolute Gasteiger partial charge is 0.480 e. The Labute approximate surface area is 314 Å². The molecule has 0 aliphatic carbocycles. The van der Waals surface area contributed by atoms with Gasteiger partial charge in [-0.2, -0.15) is 0 Å². The molecule has 0 fully saturated rings. The van der Waals surface area contributed by atoms with Crippen LogP contribution >= 0.6 is 7.82 Å². The molecule has 0 heterocycles. The van der Waals surface area contributed by atoms with Gasteiger partial charge in [0.15, 0.2) is 6.10 Å². The second kappa shape index (κ2) is 35.7. The standard InChI is InChI=1S/C40H72NO10P/c1-3-5-7-9-11-13-15-16-17-18-19-20-22-23-25-27-29-31-38(42)48-33-36(34-49-52(46,47)50-35-37(41)40(44)45)51-39(43)32-30-28-26-24-21-14-12-10-8-6-4-2/h11,13,16-17,19-20,36-37H,3-10,12,14-15,18,21-35,41H2,1-2H3,(H,44,45)(H,46,47)/b13-11+,17-16+,20-19+/t36-,37+/m0/s1. The van der Waals surface area contributed by atoms with Gasteiger partial charge in [0.25, 0.3) is 0 Å². The van der Waals surface area contributed by atoms with Gasteiger partial charge in [-0.05, 0) is 51.4 Å². The van der Waals surface area contributed by atoms with E-state index in [0.29, 0.717) is 12.8 Å². The number of hydrogen-bond acceptors (Lipinski definition) is 9. The molecule has 0 aliphatic rings. The molecule has 0 bridgehead atoms. The third-order valence-electron chi connectivity index (χ3n) is 8.39. The van der Waals surface area contributed by atoms with E-state index in [9.17, 15) is 23.8 Å². The lowest BCUT2D eigenvalue weighted by atomic mass is 10.1. The lowest BCUT2D eigenvalue weighted by molar-refractivity contribution is -0.161. The van der Waals surface area contributed by atoms with Gasteiger partial charge >= 0.3 is 25.7 Å². The summed E-state index contributed by atoms with van der Waals surface area (Å²) < 4.78 is 32.6. The summed E-state index contributed by atoms with van der Waals surface area (Å²) in [5.41, 5.74) is 5.32. The molecule has 0 aliphatic heterocycles. The molecule has 0 amide bonds. The van der Waals surface area contributed by atoms with Crippen molar-refractivity contribution in [3.8, 4) is 0 Å². The third kappa shape index (κ3) is 34.8. The Balaban J connectivity index is 4.43. The van der Waals surface area contributed by atoms with Crippen LogP contribution in [0.5, 0.6) is 0 Å². The maximum atomic E-state index is 12.5. The average Bonchev–Trinajstić information content (AvgIpc) is 3.12. The highest BCUT2D eigenvalue weighted by Gasteiger charge is 2.28. The number of ether oxygens (including phenoxy) is 2. The Kier molecular flexibility index (Phi) is 34.1. The molecule has 3 atom stereocenters. The molecule has 0 radical (unpaired) electrons. The normalized spacial score (nSPS) is 14.2. The third-order valence-corrected chi connectivity index (χ3v) is 9.34. The van der Waals surface area contributed by atoms with Crippen molar-refractivity contribution in [2.45, 2.75) is 180 Å². The quantitative estimate of drug-likeness (QED) is 0.0238. The van der Waals surface area contributed by atoms with E-state index >= 15 is 0 Å². The van der Waals surface area contributed by atoms with Crippen LogP contribution in [-0.4, -0.2) is 59.9 Å². The summed E-state index contributed by atoms with van der Waals surface area (Å²) in [4.78, 5) is 45.8. The van der Waals surface area contributed by atoms with Crippen molar-refractivity contribution in [3.63, 3.8) is 0 Å². The van der Waals surface area contributed by atoms with Crippen molar-refractivity contribution in [1.29, 1.82) is 0 Å². The number of carbonyl (C=O) groups excluding carboxylic acids is 2. The van der Waals surface area contributed by atoms with E-state index in [4.69, 9.17) is 24.8 Å². The smallest absolute Gasteiger partial charge is 0.472 e. The topological polar surface area (TPSA) is 172 Å². The van der Waals surface area contributed by atoms with E-state index in [-0.39, 0.29) is 19.4 Å². The van der Waals surface area contributed by atoms with Gasteiger partial charge in [0, 0.05) is 12.8 Å². The first-order chi connectivity index (χ1) is 25.1. The molecule has 11 nitrogen and oxygen atoms in total. The Bertz CT molecular complexity index is 1030. The number of esters is 2. The van der Waals surface area contributed by atoms with Crippen molar-refractivity contribution < 1.29 is 47.5 Å². The number of phosphoric acid groups is 1. The van der Waals surface area contributed by atoms with Crippen LogP contribution in [0.1, 0.15) is 168 Å². The van der Waals surface area contributed by atoms with E-state index in [1.807, 2.05) is 0 Å². The Morgan fingerprint density at radius 1 is 0.596 bits per heavy atom. The maximum absolute atomic E-state index is 12.5. The SMILES string of the molecule is CCCCC/C=C/C/C=C/C/C=C/CCCCCCC(=O)OC[C@@H](COP(=O)(O)OC[C@@H](N)C(=O)O)OC(=O)CCCCCCCCCCCCC. The van der Waals surface area contributed by atoms with Gasteiger partial charge in [0.2, 0.25) is 0 Å². The number of rotatable bonds is 37. The van der Waals surface area contributed by atoms with Crippen LogP contribution in [0.15, 0.2) is 36.5 Å². The molecule has 1 unspecified atom stereocenters. The molecule has 0 spiro atoms. The number of allylic oxidation sites excluding steroid dienone is 6. The molecule has 0 rings (SSSR count). The summed E-state index contributed by atoms with van der Waals surface area (Å²) in [5, 5.41) is 8.86. The van der Waals surface area contributed by atoms with E-state index < -0.39 is 51.1 Å². The highest BCUT2D eigenvalue weighted by molar-refractivity contribution is 7.47. The second-order valence-electron chi connectivity index (χ2n) is 13.4. The molecular formula is C40H72NO10P. The first-order valence-electron chi connectivity index (χ1n) is 20.0. The zero-order chi connectivity index (χ0) is 38.5. The lowest BCUT2D eigenvalue weighted by Crippen LogP contribution is -2.34. The first-order valence-corrected chi connectivity index (χ1v) is 21.5. The number of carbonyl (C=O) groups is 3. The Hall–Kier alpha value is -2.30. The highest BCUT2D eigenvalue weighted by atomic mass is 31.2. The monoisotopic (exact) mass is 757 g/mol. The molecule has 302 valence electrons. The number of phosphoric ester groups is 1. The molecule has 4 N–H and O–H groups in total.